The van der Waals surface area contributed by atoms with Crippen LogP contribution < -0.4 is 0 Å². The number of carbonyl (C=O) groups excluding carboxylic acids is 4. The van der Waals surface area contributed by atoms with E-state index in [0.29, 0.717) is 5.02 Å². The number of rotatable bonds is 7. The van der Waals surface area contributed by atoms with Crippen molar-refractivity contribution in [1.82, 2.24) is 10.0 Å². The number of Topliss-reactive ketones (excluding diaryl/α,β-unsaturated/α-hetero) is 1. The molecule has 9 heteroatoms. The second-order valence-corrected chi connectivity index (χ2v) is 7.43. The van der Waals surface area contributed by atoms with Gasteiger partial charge in [-0.2, -0.15) is 5.01 Å². The predicted octanol–water partition coefficient (Wildman–Crippen LogP) is 3.87. The Hall–Kier alpha value is -2.77. The molecule has 1 fully saturated rings. The fraction of sp³-hybridized carbons (Fsp3) is 0.238. The van der Waals surface area contributed by atoms with Crippen LogP contribution in [0.5, 0.6) is 0 Å². The molecule has 3 amide bonds. The fourth-order valence-electron chi connectivity index (χ4n) is 3.18. The lowest BCUT2D eigenvalue weighted by molar-refractivity contribution is -0.154. The van der Waals surface area contributed by atoms with Gasteiger partial charge in [0.2, 0.25) is 11.8 Å². The molecular formula is C21H17Cl2FN2O4. The van der Waals surface area contributed by atoms with Gasteiger partial charge in [-0.3, -0.25) is 19.2 Å². The van der Waals surface area contributed by atoms with E-state index in [2.05, 4.69) is 0 Å². The third kappa shape index (κ3) is 4.52. The minimum Gasteiger partial charge on any atom is -0.292 e. The summed E-state index contributed by atoms with van der Waals surface area (Å²) in [7, 11) is 0. The first-order chi connectivity index (χ1) is 14.3. The van der Waals surface area contributed by atoms with Crippen molar-refractivity contribution in [2.24, 2.45) is 0 Å². The predicted molar refractivity (Wildman–Crippen MR) is 109 cm³/mol. The van der Waals surface area contributed by atoms with Gasteiger partial charge >= 0.3 is 0 Å². The van der Waals surface area contributed by atoms with E-state index >= 15 is 0 Å². The molecule has 0 unspecified atom stereocenters. The number of benzene rings is 2. The maximum Gasteiger partial charge on any atom is 0.273 e. The van der Waals surface area contributed by atoms with E-state index in [1.165, 1.54) is 36.4 Å². The Labute approximate surface area is 182 Å². The van der Waals surface area contributed by atoms with E-state index in [-0.39, 0.29) is 36.3 Å². The molecule has 0 aromatic heterocycles. The van der Waals surface area contributed by atoms with Crippen molar-refractivity contribution >= 4 is 46.7 Å². The monoisotopic (exact) mass is 450 g/mol. The summed E-state index contributed by atoms with van der Waals surface area (Å²) in [4.78, 5) is 51.4. The van der Waals surface area contributed by atoms with Crippen molar-refractivity contribution in [3.8, 4) is 0 Å². The van der Waals surface area contributed by atoms with Gasteiger partial charge in [-0.1, -0.05) is 11.6 Å². The van der Waals surface area contributed by atoms with E-state index in [0.717, 1.165) is 22.2 Å². The molecule has 1 aliphatic heterocycles. The Morgan fingerprint density at radius 3 is 2.03 bits per heavy atom. The molecule has 0 bridgehead atoms. The molecule has 0 spiro atoms. The average molecular weight is 451 g/mol. The van der Waals surface area contributed by atoms with Crippen LogP contribution in [0.2, 0.25) is 5.02 Å². The molecule has 2 aromatic carbocycles. The summed E-state index contributed by atoms with van der Waals surface area (Å²) >= 11 is 11.8. The van der Waals surface area contributed by atoms with E-state index < -0.39 is 35.4 Å². The number of imide groups is 1. The zero-order chi connectivity index (χ0) is 21.8. The van der Waals surface area contributed by atoms with Crippen LogP contribution >= 0.6 is 23.2 Å². The molecule has 1 saturated heterocycles. The van der Waals surface area contributed by atoms with Crippen LogP contribution in [0, 0.1) is 5.82 Å². The van der Waals surface area contributed by atoms with Gasteiger partial charge in [0.05, 0.1) is 0 Å². The maximum atomic E-state index is 13.3. The highest BCUT2D eigenvalue weighted by atomic mass is 35.5. The lowest BCUT2D eigenvalue weighted by Gasteiger charge is -2.36. The van der Waals surface area contributed by atoms with Gasteiger partial charge in [0.15, 0.2) is 5.78 Å². The van der Waals surface area contributed by atoms with Crippen molar-refractivity contribution in [1.29, 1.82) is 0 Å². The first kappa shape index (κ1) is 21.9. The van der Waals surface area contributed by atoms with E-state index in [4.69, 9.17) is 23.2 Å². The number of halogens is 3. The lowest BCUT2D eigenvalue weighted by atomic mass is 10.0. The first-order valence-corrected chi connectivity index (χ1v) is 10.0. The molecule has 30 heavy (non-hydrogen) atoms. The quantitative estimate of drug-likeness (QED) is 0.364. The van der Waals surface area contributed by atoms with Crippen LogP contribution in [0.3, 0.4) is 0 Å². The molecular weight excluding hydrogens is 434 g/mol. The highest BCUT2D eigenvalue weighted by Gasteiger charge is 2.43. The molecule has 0 N–H and O–H groups in total. The number of ketones is 1. The Balaban J connectivity index is 2.07. The molecule has 3 rings (SSSR count). The van der Waals surface area contributed by atoms with E-state index in [9.17, 15) is 23.6 Å². The van der Waals surface area contributed by atoms with Crippen molar-refractivity contribution in [2.75, 3.05) is 5.88 Å². The summed E-state index contributed by atoms with van der Waals surface area (Å²) in [5.41, 5.74) is 0.262. The number of nitrogens with zero attached hydrogens (tertiary/aromatic N) is 2. The topological polar surface area (TPSA) is 74.8 Å². The lowest BCUT2D eigenvalue weighted by Crippen LogP contribution is -2.57. The van der Waals surface area contributed by atoms with Crippen LogP contribution in [0.25, 0.3) is 0 Å². The summed E-state index contributed by atoms with van der Waals surface area (Å²) in [5.74, 6) is -3.01. The molecule has 1 atom stereocenters. The number of alkyl halides is 1. The molecule has 0 aliphatic carbocycles. The molecule has 0 radical (unpaired) electrons. The minimum atomic E-state index is -1.23. The summed E-state index contributed by atoms with van der Waals surface area (Å²) < 4.78 is 13.3. The molecule has 2 aromatic rings. The summed E-state index contributed by atoms with van der Waals surface area (Å²) in [6.07, 6.45) is -0.155. The second-order valence-electron chi connectivity index (χ2n) is 6.62. The fourth-order valence-corrected chi connectivity index (χ4v) is 3.51. The summed E-state index contributed by atoms with van der Waals surface area (Å²) in [6, 6.07) is 9.38. The number of hydrogen-bond acceptors (Lipinski definition) is 4. The van der Waals surface area contributed by atoms with Crippen LogP contribution in [-0.2, 0) is 9.59 Å². The van der Waals surface area contributed by atoms with Gasteiger partial charge in [-0.05, 0) is 55.0 Å². The molecule has 6 nitrogen and oxygen atoms in total. The third-order valence-electron chi connectivity index (χ3n) is 4.65. The highest BCUT2D eigenvalue weighted by Crippen LogP contribution is 2.25. The van der Waals surface area contributed by atoms with Crippen molar-refractivity contribution < 1.29 is 23.6 Å². The van der Waals surface area contributed by atoms with E-state index in [1.54, 1.807) is 0 Å². The van der Waals surface area contributed by atoms with Crippen molar-refractivity contribution in [2.45, 2.75) is 25.3 Å². The molecule has 156 valence electrons. The summed E-state index contributed by atoms with van der Waals surface area (Å²) in [6.45, 7) is 0. The Kier molecular flexibility index (Phi) is 6.84. The maximum absolute atomic E-state index is 13.3. The average Bonchev–Trinajstić information content (AvgIpc) is 3.06. The zero-order valence-corrected chi connectivity index (χ0v) is 17.2. The van der Waals surface area contributed by atoms with Gasteiger partial charge in [-0.15, -0.1) is 11.6 Å². The summed E-state index contributed by atoms with van der Waals surface area (Å²) in [5, 5.41) is 1.98. The zero-order valence-electron chi connectivity index (χ0n) is 15.7. The van der Waals surface area contributed by atoms with Crippen LogP contribution in [0.15, 0.2) is 48.5 Å². The molecule has 1 aliphatic rings. The minimum absolute atomic E-state index is 0.0157. The highest BCUT2D eigenvalue weighted by molar-refractivity contribution is 6.30. The van der Waals surface area contributed by atoms with Gasteiger partial charge in [0.1, 0.15) is 11.9 Å². The molecule has 1 heterocycles. The standard InChI is InChI=1S/C21H17Cl2FN2O4/c22-12-11-17(20(29)13-3-7-16(24)8-4-13)25(26-18(27)9-10-19(26)28)21(30)14-1-5-15(23)6-2-14/h1-8,17H,9-12H2/t17-/m0/s1. The Bertz CT molecular complexity index is 964. The number of hydrogen-bond donors (Lipinski definition) is 0. The SMILES string of the molecule is O=C(c1ccc(F)cc1)[C@H](CCCl)N(C(=O)c1ccc(Cl)cc1)N1C(=O)CCC1=O. The van der Waals surface area contributed by atoms with Crippen molar-refractivity contribution in [3.05, 3.63) is 70.5 Å². The largest absolute Gasteiger partial charge is 0.292 e. The Morgan fingerprint density at radius 2 is 1.50 bits per heavy atom. The van der Waals surface area contributed by atoms with Crippen molar-refractivity contribution in [3.63, 3.8) is 0 Å². The van der Waals surface area contributed by atoms with Crippen LogP contribution in [0.4, 0.5) is 4.39 Å². The smallest absolute Gasteiger partial charge is 0.273 e. The number of carbonyl (C=O) groups is 4. The normalized spacial score (nSPS) is 14.7. The van der Waals surface area contributed by atoms with Gasteiger partial charge < -0.3 is 0 Å². The molecule has 0 saturated carbocycles. The van der Waals surface area contributed by atoms with Gasteiger partial charge in [-0.25, -0.2) is 9.40 Å². The van der Waals surface area contributed by atoms with Gasteiger partial charge in [0.25, 0.3) is 5.91 Å². The Morgan fingerprint density at radius 1 is 0.967 bits per heavy atom. The van der Waals surface area contributed by atoms with Crippen LogP contribution in [0.1, 0.15) is 40.0 Å². The second kappa shape index (κ2) is 9.36. The van der Waals surface area contributed by atoms with Crippen LogP contribution in [-0.4, -0.2) is 45.4 Å². The van der Waals surface area contributed by atoms with E-state index in [1.807, 2.05) is 0 Å². The first-order valence-electron chi connectivity index (χ1n) is 9.14. The number of amides is 3. The number of hydrazine groups is 1. The van der Waals surface area contributed by atoms with Gasteiger partial charge in [0, 0.05) is 34.9 Å². The third-order valence-corrected chi connectivity index (χ3v) is 5.12.